The number of amides is 2. The van der Waals surface area contributed by atoms with E-state index in [-0.39, 0.29) is 12.3 Å². The van der Waals surface area contributed by atoms with Gasteiger partial charge < -0.3 is 34.3 Å². The van der Waals surface area contributed by atoms with Crippen LogP contribution in [0.5, 0.6) is 0 Å². The molecule has 4 atom stereocenters. The molecule has 0 bridgehead atoms. The summed E-state index contributed by atoms with van der Waals surface area (Å²) in [6.45, 7) is 10.3. The van der Waals surface area contributed by atoms with Crippen LogP contribution in [0.2, 0.25) is 0 Å². The molecule has 0 spiro atoms. The number of carbonyl (C=O) groups excluding carboxylic acids is 3. The van der Waals surface area contributed by atoms with Crippen LogP contribution in [0.4, 0.5) is 4.79 Å². The van der Waals surface area contributed by atoms with Gasteiger partial charge in [-0.2, -0.15) is 0 Å². The van der Waals surface area contributed by atoms with Gasteiger partial charge in [-0.15, -0.1) is 0 Å². The molecule has 10 heteroatoms. The standard InChI is InChI=1S/C34H50N2O8/c1-23(2)20-28(32(38)42-26-17-15-25(16-18-26)22-40-6)35-31(37)30(43-29-14-10-11-19-41-29)27(21-24-12-8-7-9-13-24)36-33(39)44-34(3,4)5/h7-9,12-13,15,17,23,27-30H,10-11,14,16,18-22H2,1-6H3,(H,35,37)(H,36,39)/t27?,28-,29?,30-/m0/s1. The van der Waals surface area contributed by atoms with Gasteiger partial charge in [-0.25, -0.2) is 9.59 Å². The molecule has 2 unspecified atom stereocenters. The van der Waals surface area contributed by atoms with Gasteiger partial charge in [0.15, 0.2) is 12.4 Å². The minimum Gasteiger partial charge on any atom is -0.444 e. The summed E-state index contributed by atoms with van der Waals surface area (Å²) in [5, 5.41) is 5.77. The number of nitrogens with one attached hydrogen (secondary N) is 2. The Kier molecular flexibility index (Phi) is 13.9. The van der Waals surface area contributed by atoms with Crippen molar-refractivity contribution in [3.8, 4) is 0 Å². The Balaban J connectivity index is 1.86. The number of hydrogen-bond acceptors (Lipinski definition) is 8. The number of ether oxygens (including phenoxy) is 5. The summed E-state index contributed by atoms with van der Waals surface area (Å²) >= 11 is 0. The van der Waals surface area contributed by atoms with E-state index in [0.29, 0.717) is 38.2 Å². The molecule has 2 N–H and O–H groups in total. The molecule has 1 aromatic carbocycles. The SMILES string of the molecule is COCC1=CC=C(OC(=O)[C@H](CC(C)C)NC(=O)[C@@H](OC2CCCCO2)C(Cc2ccccc2)NC(=O)OC(C)(C)C)CC1. The molecule has 1 aromatic rings. The first-order valence-electron chi connectivity index (χ1n) is 15.6. The van der Waals surface area contributed by atoms with E-state index in [9.17, 15) is 14.4 Å². The first-order valence-corrected chi connectivity index (χ1v) is 15.6. The lowest BCUT2D eigenvalue weighted by atomic mass is 9.99. The van der Waals surface area contributed by atoms with Gasteiger partial charge in [0.1, 0.15) is 17.4 Å². The van der Waals surface area contributed by atoms with Crippen LogP contribution in [-0.4, -0.2) is 68.4 Å². The van der Waals surface area contributed by atoms with Crippen LogP contribution in [0.15, 0.2) is 53.8 Å². The smallest absolute Gasteiger partial charge is 0.407 e. The first-order chi connectivity index (χ1) is 20.9. The van der Waals surface area contributed by atoms with Crippen LogP contribution < -0.4 is 10.6 Å². The van der Waals surface area contributed by atoms with Gasteiger partial charge in [0.25, 0.3) is 5.91 Å². The first kappa shape index (κ1) is 35.3. The van der Waals surface area contributed by atoms with Crippen molar-refractivity contribution in [2.24, 2.45) is 5.92 Å². The van der Waals surface area contributed by atoms with Crippen LogP contribution in [-0.2, 0) is 39.7 Å². The summed E-state index contributed by atoms with van der Waals surface area (Å²) in [7, 11) is 1.64. The highest BCUT2D eigenvalue weighted by Crippen LogP contribution is 2.22. The zero-order chi connectivity index (χ0) is 32.1. The summed E-state index contributed by atoms with van der Waals surface area (Å²) in [5.74, 6) is -0.467. The zero-order valence-corrected chi connectivity index (χ0v) is 27.1. The molecule has 10 nitrogen and oxygen atoms in total. The molecule has 1 fully saturated rings. The maximum Gasteiger partial charge on any atom is 0.407 e. The van der Waals surface area contributed by atoms with Gasteiger partial charge in [0.05, 0.1) is 12.6 Å². The van der Waals surface area contributed by atoms with Crippen LogP contribution >= 0.6 is 0 Å². The van der Waals surface area contributed by atoms with Crippen molar-refractivity contribution >= 4 is 18.0 Å². The quantitative estimate of drug-likeness (QED) is 0.269. The molecule has 0 aromatic heterocycles. The van der Waals surface area contributed by atoms with E-state index in [2.05, 4.69) is 10.6 Å². The van der Waals surface area contributed by atoms with Crippen molar-refractivity contribution in [1.29, 1.82) is 0 Å². The Bertz CT molecular complexity index is 1140. The van der Waals surface area contributed by atoms with Crippen molar-refractivity contribution in [2.75, 3.05) is 20.3 Å². The Morgan fingerprint density at radius 2 is 1.77 bits per heavy atom. The summed E-state index contributed by atoms with van der Waals surface area (Å²) in [4.78, 5) is 40.5. The summed E-state index contributed by atoms with van der Waals surface area (Å²) in [6.07, 6.45) is 5.52. The molecule has 0 saturated carbocycles. The number of esters is 1. The summed E-state index contributed by atoms with van der Waals surface area (Å²) < 4.78 is 28.6. The van der Waals surface area contributed by atoms with E-state index in [1.54, 1.807) is 34.0 Å². The van der Waals surface area contributed by atoms with Crippen molar-refractivity contribution in [1.82, 2.24) is 10.6 Å². The van der Waals surface area contributed by atoms with Crippen LogP contribution in [0.1, 0.15) is 78.7 Å². The number of benzene rings is 1. The lowest BCUT2D eigenvalue weighted by Gasteiger charge is -2.33. The molecule has 1 aliphatic heterocycles. The minimum absolute atomic E-state index is 0.0856. The van der Waals surface area contributed by atoms with E-state index in [4.69, 9.17) is 23.7 Å². The summed E-state index contributed by atoms with van der Waals surface area (Å²) in [5.41, 5.74) is 1.26. The van der Waals surface area contributed by atoms with Crippen molar-refractivity contribution < 1.29 is 38.1 Å². The Morgan fingerprint density at radius 3 is 2.36 bits per heavy atom. The highest BCUT2D eigenvalue weighted by molar-refractivity contribution is 5.88. The molecule has 2 aliphatic rings. The number of carbonyl (C=O) groups is 3. The fraction of sp³-hybridized carbons (Fsp3) is 0.618. The van der Waals surface area contributed by atoms with E-state index in [1.807, 2.05) is 50.3 Å². The molecule has 1 saturated heterocycles. The molecule has 2 amide bonds. The van der Waals surface area contributed by atoms with Gasteiger partial charge in [0.2, 0.25) is 0 Å². The van der Waals surface area contributed by atoms with E-state index < -0.39 is 48.0 Å². The molecular weight excluding hydrogens is 564 g/mol. The number of alkyl carbamates (subject to hydrolysis) is 1. The predicted molar refractivity (Wildman–Crippen MR) is 167 cm³/mol. The minimum atomic E-state index is -1.18. The zero-order valence-electron chi connectivity index (χ0n) is 27.1. The Hall–Kier alpha value is -3.21. The molecule has 1 aliphatic carbocycles. The normalized spacial score (nSPS) is 19.2. The summed E-state index contributed by atoms with van der Waals surface area (Å²) in [6, 6.07) is 7.76. The third kappa shape index (κ3) is 12.4. The van der Waals surface area contributed by atoms with Gasteiger partial charge in [-0.1, -0.05) is 50.3 Å². The van der Waals surface area contributed by atoms with Gasteiger partial charge in [-0.3, -0.25) is 4.79 Å². The van der Waals surface area contributed by atoms with Gasteiger partial charge >= 0.3 is 12.1 Å². The average Bonchev–Trinajstić information content (AvgIpc) is 2.96. The van der Waals surface area contributed by atoms with E-state index in [1.165, 1.54) is 0 Å². The lowest BCUT2D eigenvalue weighted by Crippen LogP contribution is -2.57. The van der Waals surface area contributed by atoms with Crippen LogP contribution in [0, 0.1) is 5.92 Å². The Labute approximate surface area is 261 Å². The maximum absolute atomic E-state index is 14.1. The largest absolute Gasteiger partial charge is 0.444 e. The van der Waals surface area contributed by atoms with Crippen molar-refractivity contribution in [3.05, 3.63) is 59.4 Å². The second-order valence-electron chi connectivity index (χ2n) is 12.8. The molecular formula is C34H50N2O8. The lowest BCUT2D eigenvalue weighted by molar-refractivity contribution is -0.197. The monoisotopic (exact) mass is 614 g/mol. The number of rotatable bonds is 14. The number of methoxy groups -OCH3 is 1. The fourth-order valence-electron chi connectivity index (χ4n) is 5.07. The predicted octanol–water partition coefficient (Wildman–Crippen LogP) is 5.36. The van der Waals surface area contributed by atoms with Crippen LogP contribution in [0.25, 0.3) is 0 Å². The fourth-order valence-corrected chi connectivity index (χ4v) is 5.07. The highest BCUT2D eigenvalue weighted by atomic mass is 16.7. The molecule has 1 heterocycles. The molecule has 0 radical (unpaired) electrons. The molecule has 3 rings (SSSR count). The van der Waals surface area contributed by atoms with E-state index >= 15 is 0 Å². The van der Waals surface area contributed by atoms with Crippen LogP contribution in [0.3, 0.4) is 0 Å². The number of allylic oxidation sites excluding steroid dienone is 3. The third-order valence-corrected chi connectivity index (χ3v) is 7.13. The van der Waals surface area contributed by atoms with Gasteiger partial charge in [-0.05, 0) is 82.4 Å². The average molecular weight is 615 g/mol. The maximum atomic E-state index is 14.1. The Morgan fingerprint density at radius 1 is 1.02 bits per heavy atom. The number of hydrogen-bond donors (Lipinski definition) is 2. The highest BCUT2D eigenvalue weighted by Gasteiger charge is 2.37. The topological polar surface area (TPSA) is 121 Å². The second-order valence-corrected chi connectivity index (χ2v) is 12.8. The van der Waals surface area contributed by atoms with Gasteiger partial charge in [0, 0.05) is 20.1 Å². The molecule has 44 heavy (non-hydrogen) atoms. The second kappa shape index (κ2) is 17.3. The third-order valence-electron chi connectivity index (χ3n) is 7.13. The molecule has 244 valence electrons. The van der Waals surface area contributed by atoms with Crippen molar-refractivity contribution in [3.63, 3.8) is 0 Å². The van der Waals surface area contributed by atoms with Crippen molar-refractivity contribution in [2.45, 2.75) is 110 Å². The van der Waals surface area contributed by atoms with E-state index in [0.717, 1.165) is 30.4 Å².